The van der Waals surface area contributed by atoms with Gasteiger partial charge in [0.1, 0.15) is 5.82 Å². The minimum atomic E-state index is -0.208. The molecule has 1 fully saturated rings. The van der Waals surface area contributed by atoms with Crippen LogP contribution < -0.4 is 25.0 Å². The molecular weight excluding hydrogens is 334 g/mol. The molecule has 1 saturated heterocycles. The lowest BCUT2D eigenvalue weighted by Crippen LogP contribution is -2.40. The molecule has 0 radical (unpaired) electrons. The summed E-state index contributed by atoms with van der Waals surface area (Å²) in [5.41, 5.74) is 0.684. The van der Waals surface area contributed by atoms with E-state index in [2.05, 4.69) is 25.5 Å². The Hall–Kier alpha value is -3.03. The SMILES string of the molecule is O=C(NCC1CCN(c2cnccn2)CC1)Nc1ccc2c(c1)OCO2. The zero-order chi connectivity index (χ0) is 17.8. The van der Waals surface area contributed by atoms with Crippen LogP contribution in [0.15, 0.2) is 36.8 Å². The number of rotatable bonds is 4. The van der Waals surface area contributed by atoms with Gasteiger partial charge in [0.15, 0.2) is 11.5 Å². The van der Waals surface area contributed by atoms with E-state index in [1.54, 1.807) is 36.8 Å². The third kappa shape index (κ3) is 3.79. The molecule has 2 amide bonds. The van der Waals surface area contributed by atoms with E-state index in [0.29, 0.717) is 29.6 Å². The molecule has 0 bridgehead atoms. The average molecular weight is 355 g/mol. The van der Waals surface area contributed by atoms with Crippen LogP contribution in [0.1, 0.15) is 12.8 Å². The maximum absolute atomic E-state index is 12.1. The Balaban J connectivity index is 1.22. The first-order valence-electron chi connectivity index (χ1n) is 8.73. The van der Waals surface area contributed by atoms with E-state index < -0.39 is 0 Å². The number of amides is 2. The Bertz CT molecular complexity index is 763. The predicted molar refractivity (Wildman–Crippen MR) is 96.6 cm³/mol. The summed E-state index contributed by atoms with van der Waals surface area (Å²) in [5.74, 6) is 2.73. The molecule has 4 rings (SSSR count). The van der Waals surface area contributed by atoms with Gasteiger partial charge in [-0.2, -0.15) is 0 Å². The van der Waals surface area contributed by atoms with Crippen molar-refractivity contribution in [2.75, 3.05) is 36.6 Å². The van der Waals surface area contributed by atoms with Crippen molar-refractivity contribution in [2.24, 2.45) is 5.92 Å². The van der Waals surface area contributed by atoms with Gasteiger partial charge in [-0.3, -0.25) is 4.98 Å². The Morgan fingerprint density at radius 1 is 1.19 bits per heavy atom. The smallest absolute Gasteiger partial charge is 0.319 e. The van der Waals surface area contributed by atoms with Crippen LogP contribution in [-0.4, -0.2) is 42.4 Å². The van der Waals surface area contributed by atoms with Gasteiger partial charge in [-0.25, -0.2) is 9.78 Å². The van der Waals surface area contributed by atoms with Gasteiger partial charge in [0, 0.05) is 43.8 Å². The van der Waals surface area contributed by atoms with E-state index in [-0.39, 0.29) is 12.8 Å². The summed E-state index contributed by atoms with van der Waals surface area (Å²) < 4.78 is 10.6. The van der Waals surface area contributed by atoms with Crippen LogP contribution in [0.25, 0.3) is 0 Å². The number of anilines is 2. The van der Waals surface area contributed by atoms with Gasteiger partial charge in [-0.05, 0) is 30.9 Å². The highest BCUT2D eigenvalue weighted by Crippen LogP contribution is 2.34. The van der Waals surface area contributed by atoms with E-state index in [1.807, 2.05) is 0 Å². The monoisotopic (exact) mass is 355 g/mol. The standard InChI is InChI=1S/C18H21N5O3/c24-18(22-14-1-2-15-16(9-14)26-12-25-15)21-10-13-3-7-23(8-4-13)17-11-19-5-6-20-17/h1-2,5-6,9,11,13H,3-4,7-8,10,12H2,(H2,21,22,24). The summed E-state index contributed by atoms with van der Waals surface area (Å²) >= 11 is 0. The molecular formula is C18H21N5O3. The second kappa shape index (κ2) is 7.47. The van der Waals surface area contributed by atoms with Crippen molar-refractivity contribution < 1.29 is 14.3 Å². The van der Waals surface area contributed by atoms with Crippen LogP contribution in [0.4, 0.5) is 16.3 Å². The first kappa shape index (κ1) is 16.4. The lowest BCUT2D eigenvalue weighted by atomic mass is 9.97. The van der Waals surface area contributed by atoms with Gasteiger partial charge in [0.2, 0.25) is 6.79 Å². The number of hydrogen-bond acceptors (Lipinski definition) is 6. The number of carbonyl (C=O) groups excluding carboxylic acids is 1. The van der Waals surface area contributed by atoms with E-state index in [0.717, 1.165) is 31.7 Å². The number of nitrogens with one attached hydrogen (secondary N) is 2. The van der Waals surface area contributed by atoms with Gasteiger partial charge < -0.3 is 25.0 Å². The van der Waals surface area contributed by atoms with Crippen molar-refractivity contribution in [1.29, 1.82) is 0 Å². The van der Waals surface area contributed by atoms with Crippen LogP contribution in [0.2, 0.25) is 0 Å². The quantitative estimate of drug-likeness (QED) is 0.874. The second-order valence-corrected chi connectivity index (χ2v) is 6.40. The highest BCUT2D eigenvalue weighted by molar-refractivity contribution is 5.89. The van der Waals surface area contributed by atoms with Crippen molar-refractivity contribution >= 4 is 17.5 Å². The summed E-state index contributed by atoms with van der Waals surface area (Å²) in [6.45, 7) is 2.73. The third-order valence-corrected chi connectivity index (χ3v) is 4.67. The molecule has 26 heavy (non-hydrogen) atoms. The number of piperidine rings is 1. The van der Waals surface area contributed by atoms with Gasteiger partial charge in [-0.1, -0.05) is 0 Å². The lowest BCUT2D eigenvalue weighted by molar-refractivity contribution is 0.174. The zero-order valence-electron chi connectivity index (χ0n) is 14.4. The van der Waals surface area contributed by atoms with Gasteiger partial charge >= 0.3 is 6.03 Å². The molecule has 0 spiro atoms. The molecule has 8 heteroatoms. The second-order valence-electron chi connectivity index (χ2n) is 6.40. The predicted octanol–water partition coefficient (Wildman–Crippen LogP) is 2.24. The van der Waals surface area contributed by atoms with Gasteiger partial charge in [0.05, 0.1) is 6.20 Å². The van der Waals surface area contributed by atoms with Crippen molar-refractivity contribution in [3.8, 4) is 11.5 Å². The topological polar surface area (TPSA) is 88.6 Å². The molecule has 2 aromatic rings. The molecule has 2 N–H and O–H groups in total. The molecule has 8 nitrogen and oxygen atoms in total. The Labute approximate surface area is 151 Å². The summed E-state index contributed by atoms with van der Waals surface area (Å²) in [5, 5.41) is 5.79. The summed E-state index contributed by atoms with van der Waals surface area (Å²) in [6.07, 6.45) is 7.21. The maximum atomic E-state index is 12.1. The van der Waals surface area contributed by atoms with E-state index in [1.165, 1.54) is 0 Å². The number of ether oxygens (including phenoxy) is 2. The molecule has 0 aliphatic carbocycles. The number of carbonyl (C=O) groups is 1. The fourth-order valence-corrected chi connectivity index (χ4v) is 3.21. The van der Waals surface area contributed by atoms with E-state index >= 15 is 0 Å². The van der Waals surface area contributed by atoms with Crippen LogP contribution in [0, 0.1) is 5.92 Å². The largest absolute Gasteiger partial charge is 0.454 e. The van der Waals surface area contributed by atoms with Crippen molar-refractivity contribution in [1.82, 2.24) is 15.3 Å². The fraction of sp³-hybridized carbons (Fsp3) is 0.389. The summed E-state index contributed by atoms with van der Waals surface area (Å²) in [7, 11) is 0. The van der Waals surface area contributed by atoms with Gasteiger partial charge in [0.25, 0.3) is 0 Å². The number of nitrogens with zero attached hydrogens (tertiary/aromatic N) is 3. The normalized spacial score (nSPS) is 16.4. The van der Waals surface area contributed by atoms with Crippen LogP contribution >= 0.6 is 0 Å². The molecule has 1 aromatic heterocycles. The highest BCUT2D eigenvalue weighted by Gasteiger charge is 2.21. The molecule has 0 atom stereocenters. The maximum Gasteiger partial charge on any atom is 0.319 e. The van der Waals surface area contributed by atoms with Crippen LogP contribution in [0.3, 0.4) is 0 Å². The third-order valence-electron chi connectivity index (χ3n) is 4.67. The molecule has 3 heterocycles. The number of benzene rings is 1. The van der Waals surface area contributed by atoms with Gasteiger partial charge in [-0.15, -0.1) is 0 Å². The molecule has 0 saturated carbocycles. The minimum Gasteiger partial charge on any atom is -0.454 e. The molecule has 136 valence electrons. The number of hydrogen-bond donors (Lipinski definition) is 2. The number of urea groups is 1. The number of aromatic nitrogens is 2. The Kier molecular flexibility index (Phi) is 4.72. The summed E-state index contributed by atoms with van der Waals surface area (Å²) in [6, 6.07) is 5.15. The molecule has 1 aromatic carbocycles. The molecule has 0 unspecified atom stereocenters. The first-order valence-corrected chi connectivity index (χ1v) is 8.73. The van der Waals surface area contributed by atoms with Crippen LogP contribution in [0.5, 0.6) is 11.5 Å². The van der Waals surface area contributed by atoms with Crippen molar-refractivity contribution in [3.05, 3.63) is 36.8 Å². The fourth-order valence-electron chi connectivity index (χ4n) is 3.21. The Morgan fingerprint density at radius 2 is 2.04 bits per heavy atom. The van der Waals surface area contributed by atoms with E-state index in [4.69, 9.17) is 9.47 Å². The average Bonchev–Trinajstić information content (AvgIpc) is 3.15. The Morgan fingerprint density at radius 3 is 2.85 bits per heavy atom. The van der Waals surface area contributed by atoms with Crippen molar-refractivity contribution in [2.45, 2.75) is 12.8 Å². The van der Waals surface area contributed by atoms with E-state index in [9.17, 15) is 4.79 Å². The molecule has 2 aliphatic rings. The van der Waals surface area contributed by atoms with Crippen molar-refractivity contribution in [3.63, 3.8) is 0 Å². The zero-order valence-corrected chi connectivity index (χ0v) is 14.4. The lowest BCUT2D eigenvalue weighted by Gasteiger charge is -2.32. The minimum absolute atomic E-state index is 0.208. The number of fused-ring (bicyclic) bond motifs is 1. The van der Waals surface area contributed by atoms with Crippen LogP contribution in [-0.2, 0) is 0 Å². The summed E-state index contributed by atoms with van der Waals surface area (Å²) in [4.78, 5) is 22.8. The highest BCUT2D eigenvalue weighted by atomic mass is 16.7. The first-order chi connectivity index (χ1) is 12.8. The molecule has 2 aliphatic heterocycles.